The maximum atomic E-state index is 11.8. The molecule has 98 valence electrons. The summed E-state index contributed by atoms with van der Waals surface area (Å²) < 4.78 is 0. The smallest absolute Gasteiger partial charge is 0.335 e. The first-order valence-electron chi connectivity index (χ1n) is 6.18. The van der Waals surface area contributed by atoms with Crippen LogP contribution in [0.3, 0.4) is 0 Å². The lowest BCUT2D eigenvalue weighted by molar-refractivity contribution is 0.0696. The molecule has 0 heterocycles. The molecule has 1 aromatic carbocycles. The summed E-state index contributed by atoms with van der Waals surface area (Å²) in [5, 5.41) is 11.6. The van der Waals surface area contributed by atoms with E-state index in [1.54, 1.807) is 0 Å². The van der Waals surface area contributed by atoms with Gasteiger partial charge < -0.3 is 10.4 Å². The Morgan fingerprint density at radius 3 is 2.28 bits per heavy atom. The van der Waals surface area contributed by atoms with Crippen molar-refractivity contribution in [1.82, 2.24) is 5.32 Å². The van der Waals surface area contributed by atoms with Crippen LogP contribution in [0.2, 0.25) is 0 Å². The van der Waals surface area contributed by atoms with Gasteiger partial charge in [0.1, 0.15) is 0 Å². The first-order chi connectivity index (χ1) is 8.54. The highest BCUT2D eigenvalue weighted by Crippen LogP contribution is 2.06. The van der Waals surface area contributed by atoms with Gasteiger partial charge in [0.15, 0.2) is 0 Å². The Hall–Kier alpha value is -1.84. The van der Waals surface area contributed by atoms with Gasteiger partial charge in [-0.25, -0.2) is 4.79 Å². The number of unbranched alkanes of at least 4 members (excludes halogenated alkanes) is 1. The van der Waals surface area contributed by atoms with Crippen molar-refractivity contribution in [2.24, 2.45) is 0 Å². The van der Waals surface area contributed by atoms with Crippen molar-refractivity contribution < 1.29 is 14.7 Å². The number of aromatic carboxylic acids is 1. The summed E-state index contributed by atoms with van der Waals surface area (Å²) in [6.45, 7) is 4.08. The molecule has 1 rings (SSSR count). The third-order valence-electron chi connectivity index (χ3n) is 2.76. The lowest BCUT2D eigenvalue weighted by atomic mass is 10.1. The zero-order chi connectivity index (χ0) is 13.5. The second kappa shape index (κ2) is 6.79. The minimum Gasteiger partial charge on any atom is -0.478 e. The van der Waals surface area contributed by atoms with E-state index in [0.717, 1.165) is 19.3 Å². The molecule has 0 aliphatic carbocycles. The van der Waals surface area contributed by atoms with E-state index in [0.29, 0.717) is 5.56 Å². The molecule has 0 saturated carbocycles. The highest BCUT2D eigenvalue weighted by atomic mass is 16.4. The zero-order valence-electron chi connectivity index (χ0n) is 10.8. The molecule has 1 atom stereocenters. The summed E-state index contributed by atoms with van der Waals surface area (Å²) >= 11 is 0. The first-order valence-corrected chi connectivity index (χ1v) is 6.18. The average molecular weight is 249 g/mol. The lowest BCUT2D eigenvalue weighted by Gasteiger charge is -2.13. The molecule has 1 aromatic rings. The molecule has 0 aromatic heterocycles. The molecule has 0 aliphatic heterocycles. The number of carbonyl (C=O) groups is 2. The Labute approximate surface area is 107 Å². The average Bonchev–Trinajstić information content (AvgIpc) is 2.36. The van der Waals surface area contributed by atoms with Crippen LogP contribution >= 0.6 is 0 Å². The lowest BCUT2D eigenvalue weighted by Crippen LogP contribution is -2.32. The Balaban J connectivity index is 2.58. The predicted octanol–water partition coefficient (Wildman–Crippen LogP) is 2.69. The molecule has 1 unspecified atom stereocenters. The van der Waals surface area contributed by atoms with Crippen molar-refractivity contribution in [3.63, 3.8) is 0 Å². The molecular formula is C14H19NO3. The van der Waals surface area contributed by atoms with Crippen LogP contribution in [0, 0.1) is 0 Å². The van der Waals surface area contributed by atoms with Crippen molar-refractivity contribution in [3.8, 4) is 0 Å². The summed E-state index contributed by atoms with van der Waals surface area (Å²) in [7, 11) is 0. The van der Waals surface area contributed by atoms with Gasteiger partial charge in [-0.15, -0.1) is 0 Å². The monoisotopic (exact) mass is 249 g/mol. The van der Waals surface area contributed by atoms with E-state index in [1.807, 2.05) is 6.92 Å². The summed E-state index contributed by atoms with van der Waals surface area (Å²) in [5.74, 6) is -1.14. The predicted molar refractivity (Wildman–Crippen MR) is 69.9 cm³/mol. The molecule has 1 amide bonds. The Morgan fingerprint density at radius 1 is 1.22 bits per heavy atom. The summed E-state index contributed by atoms with van der Waals surface area (Å²) in [6, 6.07) is 6.08. The number of carboxylic acids is 1. The van der Waals surface area contributed by atoms with Crippen LogP contribution in [-0.4, -0.2) is 23.0 Å². The highest BCUT2D eigenvalue weighted by Gasteiger charge is 2.10. The number of amides is 1. The second-order valence-corrected chi connectivity index (χ2v) is 4.40. The molecule has 2 N–H and O–H groups in total. The van der Waals surface area contributed by atoms with Gasteiger partial charge in [-0.05, 0) is 37.6 Å². The van der Waals surface area contributed by atoms with Crippen LogP contribution in [0.15, 0.2) is 24.3 Å². The van der Waals surface area contributed by atoms with Crippen LogP contribution in [0.4, 0.5) is 0 Å². The van der Waals surface area contributed by atoms with Crippen molar-refractivity contribution in [1.29, 1.82) is 0 Å². The van der Waals surface area contributed by atoms with Gasteiger partial charge in [-0.2, -0.15) is 0 Å². The Kier molecular flexibility index (Phi) is 5.36. The molecule has 4 nitrogen and oxygen atoms in total. The molecule has 0 radical (unpaired) electrons. The molecule has 0 aliphatic rings. The SMILES string of the molecule is CCCCC(C)NC(=O)c1ccc(C(=O)O)cc1. The minimum atomic E-state index is -0.988. The van der Waals surface area contributed by atoms with Gasteiger partial charge in [-0.3, -0.25) is 4.79 Å². The zero-order valence-corrected chi connectivity index (χ0v) is 10.8. The first kappa shape index (κ1) is 14.2. The van der Waals surface area contributed by atoms with Crippen LogP contribution in [0.25, 0.3) is 0 Å². The normalized spacial score (nSPS) is 11.9. The minimum absolute atomic E-state index is 0.136. The third kappa shape index (κ3) is 4.20. The third-order valence-corrected chi connectivity index (χ3v) is 2.76. The van der Waals surface area contributed by atoms with E-state index < -0.39 is 5.97 Å². The molecule has 0 bridgehead atoms. The highest BCUT2D eigenvalue weighted by molar-refractivity contribution is 5.95. The molecule has 4 heteroatoms. The van der Waals surface area contributed by atoms with E-state index in [1.165, 1.54) is 24.3 Å². The van der Waals surface area contributed by atoms with E-state index in [9.17, 15) is 9.59 Å². The molecule has 0 spiro atoms. The fourth-order valence-electron chi connectivity index (χ4n) is 1.65. The quantitative estimate of drug-likeness (QED) is 0.814. The van der Waals surface area contributed by atoms with Gasteiger partial charge in [0, 0.05) is 11.6 Å². The summed E-state index contributed by atoms with van der Waals surface area (Å²) in [4.78, 5) is 22.5. The van der Waals surface area contributed by atoms with Crippen molar-refractivity contribution in [3.05, 3.63) is 35.4 Å². The number of hydrogen-bond acceptors (Lipinski definition) is 2. The van der Waals surface area contributed by atoms with E-state index in [2.05, 4.69) is 12.2 Å². The number of carbonyl (C=O) groups excluding carboxylic acids is 1. The number of carboxylic acid groups (broad SMARTS) is 1. The summed E-state index contributed by atoms with van der Waals surface area (Å²) in [5.41, 5.74) is 0.675. The van der Waals surface area contributed by atoms with Gasteiger partial charge in [0.05, 0.1) is 5.56 Å². The maximum absolute atomic E-state index is 11.8. The summed E-state index contributed by atoms with van der Waals surface area (Å²) in [6.07, 6.45) is 3.14. The number of hydrogen-bond donors (Lipinski definition) is 2. The Bertz CT molecular complexity index is 412. The second-order valence-electron chi connectivity index (χ2n) is 4.40. The number of nitrogens with one attached hydrogen (secondary N) is 1. The van der Waals surface area contributed by atoms with Crippen LogP contribution in [0.1, 0.15) is 53.8 Å². The Morgan fingerprint density at radius 2 is 1.78 bits per heavy atom. The molecule has 0 saturated heterocycles. The van der Waals surface area contributed by atoms with Crippen molar-refractivity contribution in [2.75, 3.05) is 0 Å². The molecule has 0 fully saturated rings. The maximum Gasteiger partial charge on any atom is 0.335 e. The van der Waals surface area contributed by atoms with Crippen LogP contribution in [0.5, 0.6) is 0 Å². The standard InChI is InChI=1S/C14H19NO3/c1-3-4-5-10(2)15-13(16)11-6-8-12(9-7-11)14(17)18/h6-10H,3-5H2,1-2H3,(H,15,16)(H,17,18). The van der Waals surface area contributed by atoms with Crippen molar-refractivity contribution in [2.45, 2.75) is 39.2 Å². The molecular weight excluding hydrogens is 230 g/mol. The van der Waals surface area contributed by atoms with Gasteiger partial charge in [0.2, 0.25) is 0 Å². The number of benzene rings is 1. The van der Waals surface area contributed by atoms with Crippen LogP contribution in [-0.2, 0) is 0 Å². The van der Waals surface area contributed by atoms with E-state index in [-0.39, 0.29) is 17.5 Å². The largest absolute Gasteiger partial charge is 0.478 e. The van der Waals surface area contributed by atoms with E-state index in [4.69, 9.17) is 5.11 Å². The number of rotatable bonds is 6. The fourth-order valence-corrected chi connectivity index (χ4v) is 1.65. The van der Waals surface area contributed by atoms with Gasteiger partial charge in [0.25, 0.3) is 5.91 Å². The van der Waals surface area contributed by atoms with Crippen LogP contribution < -0.4 is 5.32 Å². The molecule has 18 heavy (non-hydrogen) atoms. The topological polar surface area (TPSA) is 66.4 Å². The van der Waals surface area contributed by atoms with Crippen molar-refractivity contribution >= 4 is 11.9 Å². The van der Waals surface area contributed by atoms with Gasteiger partial charge in [-0.1, -0.05) is 19.8 Å². The fraction of sp³-hybridized carbons (Fsp3) is 0.429. The van der Waals surface area contributed by atoms with E-state index >= 15 is 0 Å². The van der Waals surface area contributed by atoms with Gasteiger partial charge >= 0.3 is 5.97 Å².